The summed E-state index contributed by atoms with van der Waals surface area (Å²) in [7, 11) is 0. The molecule has 0 fully saturated rings. The normalized spacial score (nSPS) is 19.2. The summed E-state index contributed by atoms with van der Waals surface area (Å²) < 4.78 is -2.20. The fraction of sp³-hybridized carbons (Fsp3) is 0. The van der Waals surface area contributed by atoms with E-state index in [1.54, 1.807) is 0 Å². The van der Waals surface area contributed by atoms with Crippen LogP contribution in [0.2, 0.25) is 0 Å². The van der Waals surface area contributed by atoms with Crippen LogP contribution in [0.5, 0.6) is 0 Å². The first-order chi connectivity index (χ1) is 2.24. The molecule has 0 bridgehead atoms. The van der Waals surface area contributed by atoms with Crippen molar-refractivity contribution in [1.82, 2.24) is 0 Å². The standard InChI is InChI=1S/5BrH.Mn/h5*1H;/q;;;;;+5/p-5. The van der Waals surface area contributed by atoms with Crippen LogP contribution < -0.4 is 0 Å². The number of halogens is 5. The zero-order valence-corrected chi connectivity index (χ0v) is 11.4. The van der Waals surface area contributed by atoms with Crippen LogP contribution in [0.4, 0.5) is 0 Å². The molecule has 6 heteroatoms. The molecule has 0 aliphatic rings. The molecule has 0 aromatic carbocycles. The van der Waals surface area contributed by atoms with Crippen molar-refractivity contribution in [1.29, 1.82) is 0 Å². The molecule has 0 saturated carbocycles. The van der Waals surface area contributed by atoms with Gasteiger partial charge in [0.05, 0.1) is 0 Å². The molecular weight excluding hydrogens is 454 g/mol. The van der Waals surface area contributed by atoms with Gasteiger partial charge in [-0.1, -0.05) is 0 Å². The van der Waals surface area contributed by atoms with Gasteiger partial charge in [0.15, 0.2) is 0 Å². The van der Waals surface area contributed by atoms with E-state index in [4.69, 9.17) is 0 Å². The van der Waals surface area contributed by atoms with Gasteiger partial charge in [0, 0.05) is 0 Å². The Morgan fingerprint density at radius 1 is 0.667 bits per heavy atom. The van der Waals surface area contributed by atoms with Gasteiger partial charge >= 0.3 is 73.3 Å². The molecule has 0 rings (SSSR count). The van der Waals surface area contributed by atoms with E-state index in [0.29, 0.717) is 0 Å². The van der Waals surface area contributed by atoms with E-state index < -0.39 is 2.75 Å². The molecule has 0 saturated heterocycles. The summed E-state index contributed by atoms with van der Waals surface area (Å²) >= 11 is 16.5. The van der Waals surface area contributed by atoms with Gasteiger partial charge < -0.3 is 0 Å². The van der Waals surface area contributed by atoms with E-state index >= 15 is 0 Å². The molecule has 0 atom stereocenters. The van der Waals surface area contributed by atoms with Crippen LogP contribution in [0.15, 0.2) is 0 Å². The van der Waals surface area contributed by atoms with Crippen molar-refractivity contribution in [2.45, 2.75) is 0 Å². The molecule has 0 aromatic heterocycles. The first-order valence-electron chi connectivity index (χ1n) is 0.714. The van der Waals surface area contributed by atoms with Crippen LogP contribution in [-0.2, 0) is 2.75 Å². The molecule has 0 nitrogen and oxygen atoms in total. The molecule has 0 spiro atoms. The number of hydrogen-bond acceptors (Lipinski definition) is 0. The molecule has 0 unspecified atom stereocenters. The molecule has 0 aliphatic carbocycles. The molecule has 0 aliphatic heterocycles. The van der Waals surface area contributed by atoms with Crippen molar-refractivity contribution < 1.29 is 2.75 Å². The summed E-state index contributed by atoms with van der Waals surface area (Å²) in [6, 6.07) is 0. The third-order valence-corrected chi connectivity index (χ3v) is 0. The monoisotopic (exact) mass is 450 g/mol. The zero-order valence-electron chi connectivity index (χ0n) is 2.27. The summed E-state index contributed by atoms with van der Waals surface area (Å²) in [4.78, 5) is 0. The SMILES string of the molecule is [Br][Mn]([Br])([Br])([Br])[Br]. The Bertz CT molecular complexity index is 37.1. The van der Waals surface area contributed by atoms with Crippen LogP contribution >= 0.6 is 70.6 Å². The summed E-state index contributed by atoms with van der Waals surface area (Å²) in [5.41, 5.74) is 0. The fourth-order valence-corrected chi connectivity index (χ4v) is 0. The van der Waals surface area contributed by atoms with Crippen molar-refractivity contribution >= 4 is 70.6 Å². The van der Waals surface area contributed by atoms with Crippen LogP contribution in [0.1, 0.15) is 0 Å². The van der Waals surface area contributed by atoms with Gasteiger partial charge in [-0.25, -0.2) is 0 Å². The predicted octanol–water partition coefficient (Wildman–Crippen LogP) is 4.23. The van der Waals surface area contributed by atoms with Crippen LogP contribution in [0, 0.1) is 0 Å². The molecule has 0 N–H and O–H groups in total. The summed E-state index contributed by atoms with van der Waals surface area (Å²) in [5.74, 6) is 0. The van der Waals surface area contributed by atoms with E-state index in [1.165, 1.54) is 0 Å². The average molecular weight is 454 g/mol. The molecule has 42 valence electrons. The summed E-state index contributed by atoms with van der Waals surface area (Å²) in [6.07, 6.45) is 0. The zero-order chi connectivity index (χ0) is 5.45. The van der Waals surface area contributed by atoms with Gasteiger partial charge in [-0.2, -0.15) is 0 Å². The Morgan fingerprint density at radius 3 is 0.667 bits per heavy atom. The van der Waals surface area contributed by atoms with Crippen molar-refractivity contribution in [2.24, 2.45) is 0 Å². The quantitative estimate of drug-likeness (QED) is 0.481. The summed E-state index contributed by atoms with van der Waals surface area (Å²) in [6.45, 7) is 0. The first kappa shape index (κ1) is 8.92. The van der Waals surface area contributed by atoms with Crippen molar-refractivity contribution in [3.63, 3.8) is 0 Å². The molecule has 0 aromatic rings. The predicted molar refractivity (Wildman–Crippen MR) is 44.6 cm³/mol. The van der Waals surface area contributed by atoms with E-state index in [2.05, 4.69) is 70.6 Å². The molecule has 0 amide bonds. The van der Waals surface area contributed by atoms with Gasteiger partial charge in [-0.3, -0.25) is 0 Å². The van der Waals surface area contributed by atoms with Crippen molar-refractivity contribution in [3.05, 3.63) is 0 Å². The van der Waals surface area contributed by atoms with E-state index in [-0.39, 0.29) is 0 Å². The van der Waals surface area contributed by atoms with E-state index in [9.17, 15) is 0 Å². The maximum atomic E-state index is 3.30. The fourth-order valence-electron chi connectivity index (χ4n) is 0. The average Bonchev–Trinajstić information content (AvgIpc) is 0.650. The Labute approximate surface area is 71.9 Å². The summed E-state index contributed by atoms with van der Waals surface area (Å²) in [5, 5.41) is 0. The number of hydrogen-bond donors (Lipinski definition) is 0. The Morgan fingerprint density at radius 2 is 0.667 bits per heavy atom. The number of rotatable bonds is 0. The van der Waals surface area contributed by atoms with Gasteiger partial charge in [0.1, 0.15) is 0 Å². The van der Waals surface area contributed by atoms with Crippen LogP contribution in [0.3, 0.4) is 0 Å². The Kier molecular flexibility index (Phi) is 3.38. The molecule has 0 radical (unpaired) electrons. The minimum atomic E-state index is -2.20. The molecule has 0 heterocycles. The second kappa shape index (κ2) is 2.27. The second-order valence-corrected chi connectivity index (χ2v) is 60.1. The van der Waals surface area contributed by atoms with E-state index in [1.807, 2.05) is 0 Å². The Hall–Kier alpha value is 2.92. The Balaban J connectivity index is 3.73. The van der Waals surface area contributed by atoms with Crippen LogP contribution in [0.25, 0.3) is 0 Å². The second-order valence-electron chi connectivity index (χ2n) is 0.540. The third kappa shape index (κ3) is 28.4. The van der Waals surface area contributed by atoms with Crippen LogP contribution in [-0.4, -0.2) is 0 Å². The molecule has 6 heavy (non-hydrogen) atoms. The minimum absolute atomic E-state index is 2.20. The van der Waals surface area contributed by atoms with Gasteiger partial charge in [-0.15, -0.1) is 0 Å². The first-order valence-corrected chi connectivity index (χ1v) is 15.3. The molecular formula is Br5Mn. The maximum absolute atomic E-state index is 3.30. The topological polar surface area (TPSA) is 0 Å². The third-order valence-electron chi connectivity index (χ3n) is 0. The van der Waals surface area contributed by atoms with E-state index in [0.717, 1.165) is 0 Å². The van der Waals surface area contributed by atoms with Crippen molar-refractivity contribution in [2.75, 3.05) is 0 Å². The van der Waals surface area contributed by atoms with Gasteiger partial charge in [0.25, 0.3) is 0 Å². The van der Waals surface area contributed by atoms with Crippen molar-refractivity contribution in [3.8, 4) is 0 Å². The van der Waals surface area contributed by atoms with Gasteiger partial charge in [0.2, 0.25) is 0 Å². The van der Waals surface area contributed by atoms with Gasteiger partial charge in [-0.05, 0) is 0 Å².